The van der Waals surface area contributed by atoms with Crippen LogP contribution in [0.25, 0.3) is 0 Å². The van der Waals surface area contributed by atoms with Gasteiger partial charge in [-0.1, -0.05) is 29.8 Å². The van der Waals surface area contributed by atoms with Crippen molar-refractivity contribution in [2.24, 2.45) is 0 Å². The predicted octanol–water partition coefficient (Wildman–Crippen LogP) is 5.26. The molecule has 0 atom stereocenters. The summed E-state index contributed by atoms with van der Waals surface area (Å²) in [6, 6.07) is 21.6. The molecule has 0 saturated carbocycles. The van der Waals surface area contributed by atoms with Gasteiger partial charge in [-0.15, -0.1) is 0 Å². The lowest BCUT2D eigenvalue weighted by atomic mass is 10.1. The van der Waals surface area contributed by atoms with Crippen molar-refractivity contribution in [3.63, 3.8) is 0 Å². The number of anilines is 2. The van der Waals surface area contributed by atoms with Gasteiger partial charge in [-0.25, -0.2) is 0 Å². The monoisotopic (exact) mass is 408 g/mol. The highest BCUT2D eigenvalue weighted by Gasteiger charge is 2.10. The van der Waals surface area contributed by atoms with E-state index in [0.717, 1.165) is 10.0 Å². The van der Waals surface area contributed by atoms with E-state index in [4.69, 9.17) is 0 Å². The van der Waals surface area contributed by atoms with Gasteiger partial charge in [0.2, 0.25) is 0 Å². The van der Waals surface area contributed by atoms with Crippen LogP contribution in [0.1, 0.15) is 26.3 Å². The Kier molecular flexibility index (Phi) is 5.49. The van der Waals surface area contributed by atoms with Crippen molar-refractivity contribution in [1.29, 1.82) is 0 Å². The summed E-state index contributed by atoms with van der Waals surface area (Å²) in [5.41, 5.74) is 3.51. The third-order valence-corrected chi connectivity index (χ3v) is 4.49. The Morgan fingerprint density at radius 2 is 1.38 bits per heavy atom. The van der Waals surface area contributed by atoms with Gasteiger partial charge < -0.3 is 10.6 Å². The molecule has 130 valence electrons. The van der Waals surface area contributed by atoms with E-state index in [9.17, 15) is 9.59 Å². The van der Waals surface area contributed by atoms with Crippen LogP contribution < -0.4 is 10.6 Å². The molecule has 3 rings (SSSR count). The van der Waals surface area contributed by atoms with Gasteiger partial charge in [0.15, 0.2) is 0 Å². The minimum absolute atomic E-state index is 0.168. The van der Waals surface area contributed by atoms with E-state index in [-0.39, 0.29) is 11.8 Å². The van der Waals surface area contributed by atoms with Crippen LogP contribution in [0.2, 0.25) is 0 Å². The van der Waals surface area contributed by atoms with Crippen molar-refractivity contribution >= 4 is 39.1 Å². The average Bonchev–Trinajstić information content (AvgIpc) is 2.63. The molecule has 0 aliphatic heterocycles. The Balaban J connectivity index is 1.66. The lowest BCUT2D eigenvalue weighted by Gasteiger charge is -2.09. The summed E-state index contributed by atoms with van der Waals surface area (Å²) in [7, 11) is 0. The van der Waals surface area contributed by atoms with E-state index in [1.165, 1.54) is 0 Å². The molecular weight excluding hydrogens is 392 g/mol. The van der Waals surface area contributed by atoms with Gasteiger partial charge in [0.1, 0.15) is 0 Å². The number of rotatable bonds is 4. The van der Waals surface area contributed by atoms with Crippen molar-refractivity contribution < 1.29 is 9.59 Å². The molecule has 0 saturated heterocycles. The molecule has 0 aliphatic carbocycles. The summed E-state index contributed by atoms with van der Waals surface area (Å²) in [5.74, 6) is -0.368. The fraction of sp³-hybridized carbons (Fsp3) is 0.0476. The van der Waals surface area contributed by atoms with Crippen molar-refractivity contribution in [1.82, 2.24) is 0 Å². The molecule has 3 aromatic rings. The van der Waals surface area contributed by atoms with Gasteiger partial charge >= 0.3 is 0 Å². The van der Waals surface area contributed by atoms with Crippen LogP contribution in [-0.2, 0) is 0 Å². The highest BCUT2D eigenvalue weighted by Crippen LogP contribution is 2.19. The van der Waals surface area contributed by atoms with Crippen LogP contribution in [0.5, 0.6) is 0 Å². The van der Waals surface area contributed by atoms with Gasteiger partial charge in [0, 0.05) is 21.4 Å². The molecule has 0 aliphatic rings. The normalized spacial score (nSPS) is 10.2. The molecule has 0 unspecified atom stereocenters. The smallest absolute Gasteiger partial charge is 0.256 e. The molecule has 3 aromatic carbocycles. The minimum Gasteiger partial charge on any atom is -0.322 e. The molecule has 5 heteroatoms. The molecule has 4 nitrogen and oxygen atoms in total. The van der Waals surface area contributed by atoms with Crippen LogP contribution in [0, 0.1) is 6.92 Å². The molecule has 0 radical (unpaired) electrons. The quantitative estimate of drug-likeness (QED) is 0.618. The van der Waals surface area contributed by atoms with Crippen LogP contribution in [0.15, 0.2) is 77.3 Å². The molecule has 26 heavy (non-hydrogen) atoms. The second-order valence-electron chi connectivity index (χ2n) is 5.83. The maximum Gasteiger partial charge on any atom is 0.256 e. The number of hydrogen-bond donors (Lipinski definition) is 2. The average molecular weight is 409 g/mol. The SMILES string of the molecule is Cc1cccc(C(=O)Nc2ccc(NC(=O)c3ccccc3Br)cc2)c1. The highest BCUT2D eigenvalue weighted by atomic mass is 79.9. The first-order valence-corrected chi connectivity index (χ1v) is 8.86. The summed E-state index contributed by atoms with van der Waals surface area (Å²) in [5, 5.41) is 5.68. The summed E-state index contributed by atoms with van der Waals surface area (Å²) in [6.45, 7) is 1.94. The van der Waals surface area contributed by atoms with E-state index in [2.05, 4.69) is 26.6 Å². The zero-order chi connectivity index (χ0) is 18.5. The molecule has 2 N–H and O–H groups in total. The Morgan fingerprint density at radius 1 is 0.769 bits per heavy atom. The molecule has 2 amide bonds. The summed E-state index contributed by atoms with van der Waals surface area (Å²) < 4.78 is 0.736. The van der Waals surface area contributed by atoms with Gasteiger partial charge in [-0.2, -0.15) is 0 Å². The largest absolute Gasteiger partial charge is 0.322 e. The highest BCUT2D eigenvalue weighted by molar-refractivity contribution is 9.10. The second-order valence-corrected chi connectivity index (χ2v) is 6.69. The van der Waals surface area contributed by atoms with E-state index in [1.807, 2.05) is 43.3 Å². The van der Waals surface area contributed by atoms with Crippen LogP contribution in [-0.4, -0.2) is 11.8 Å². The lowest BCUT2D eigenvalue weighted by molar-refractivity contribution is 0.101. The molecular formula is C21H17BrN2O2. The summed E-state index contributed by atoms with van der Waals surface area (Å²) in [6.07, 6.45) is 0. The number of aryl methyl sites for hydroxylation is 1. The number of halogens is 1. The van der Waals surface area contributed by atoms with Gasteiger partial charge in [0.05, 0.1) is 5.56 Å². The van der Waals surface area contributed by atoms with Gasteiger partial charge in [-0.05, 0) is 71.4 Å². The molecule has 0 heterocycles. The van der Waals surface area contributed by atoms with E-state index < -0.39 is 0 Å². The van der Waals surface area contributed by atoms with Gasteiger partial charge in [0.25, 0.3) is 11.8 Å². The van der Waals surface area contributed by atoms with Crippen molar-refractivity contribution in [3.05, 3.63) is 94.0 Å². The molecule has 0 spiro atoms. The topological polar surface area (TPSA) is 58.2 Å². The lowest BCUT2D eigenvalue weighted by Crippen LogP contribution is -2.13. The number of amides is 2. The Morgan fingerprint density at radius 3 is 2.00 bits per heavy atom. The molecule has 0 bridgehead atoms. The number of benzene rings is 3. The van der Waals surface area contributed by atoms with Crippen LogP contribution in [0.3, 0.4) is 0 Å². The first-order chi connectivity index (χ1) is 12.5. The zero-order valence-corrected chi connectivity index (χ0v) is 15.7. The van der Waals surface area contributed by atoms with E-state index >= 15 is 0 Å². The zero-order valence-electron chi connectivity index (χ0n) is 14.1. The van der Waals surface area contributed by atoms with E-state index in [0.29, 0.717) is 22.5 Å². The summed E-state index contributed by atoms with van der Waals surface area (Å²) in [4.78, 5) is 24.6. The molecule has 0 fully saturated rings. The second kappa shape index (κ2) is 7.97. The minimum atomic E-state index is -0.200. The number of nitrogens with one attached hydrogen (secondary N) is 2. The van der Waals surface area contributed by atoms with Gasteiger partial charge in [-0.3, -0.25) is 9.59 Å². The van der Waals surface area contributed by atoms with Crippen LogP contribution >= 0.6 is 15.9 Å². The summed E-state index contributed by atoms with van der Waals surface area (Å²) >= 11 is 3.37. The molecule has 0 aromatic heterocycles. The van der Waals surface area contributed by atoms with Crippen molar-refractivity contribution in [3.8, 4) is 0 Å². The maximum atomic E-state index is 12.3. The fourth-order valence-corrected chi connectivity index (χ4v) is 2.94. The third-order valence-electron chi connectivity index (χ3n) is 3.80. The fourth-order valence-electron chi connectivity index (χ4n) is 2.47. The van der Waals surface area contributed by atoms with Crippen molar-refractivity contribution in [2.75, 3.05) is 10.6 Å². The first kappa shape index (κ1) is 17.9. The third kappa shape index (κ3) is 4.37. The standard InChI is InChI=1S/C21H17BrN2O2/c1-14-5-4-6-15(13-14)20(25)23-16-9-11-17(12-10-16)24-21(26)18-7-2-3-8-19(18)22/h2-13H,1H3,(H,23,25)(H,24,26). The van der Waals surface area contributed by atoms with Crippen LogP contribution in [0.4, 0.5) is 11.4 Å². The maximum absolute atomic E-state index is 12.3. The number of carbonyl (C=O) groups excluding carboxylic acids is 2. The predicted molar refractivity (Wildman–Crippen MR) is 108 cm³/mol. The van der Waals surface area contributed by atoms with E-state index in [1.54, 1.807) is 36.4 Å². The van der Waals surface area contributed by atoms with Crippen molar-refractivity contribution in [2.45, 2.75) is 6.92 Å². The Labute approximate surface area is 160 Å². The first-order valence-electron chi connectivity index (χ1n) is 8.07. The number of carbonyl (C=O) groups is 2. The Bertz CT molecular complexity index is 952. The number of hydrogen-bond acceptors (Lipinski definition) is 2. The Hall–Kier alpha value is -2.92.